The number of aromatic nitrogens is 4. The van der Waals surface area contributed by atoms with E-state index in [1.54, 1.807) is 40.6 Å². The molecule has 0 aliphatic rings. The van der Waals surface area contributed by atoms with Gasteiger partial charge >= 0.3 is 0 Å². The van der Waals surface area contributed by atoms with E-state index in [1.807, 2.05) is 24.5 Å². The Balaban J connectivity index is 1.59. The Bertz CT molecular complexity index is 1140. The van der Waals surface area contributed by atoms with E-state index in [0.29, 0.717) is 41.8 Å². The van der Waals surface area contributed by atoms with Crippen molar-refractivity contribution in [3.8, 4) is 17.4 Å². The minimum Gasteiger partial charge on any atom is -0.475 e. The number of amides is 1. The van der Waals surface area contributed by atoms with Gasteiger partial charge in [0, 0.05) is 25.6 Å². The van der Waals surface area contributed by atoms with Crippen molar-refractivity contribution in [2.75, 3.05) is 25.6 Å². The molecule has 31 heavy (non-hydrogen) atoms. The summed E-state index contributed by atoms with van der Waals surface area (Å²) in [6.45, 7) is 0.846. The number of pyridine rings is 1. The molecule has 0 aliphatic heterocycles. The molecule has 1 aromatic carbocycles. The molecule has 3 heterocycles. The van der Waals surface area contributed by atoms with Gasteiger partial charge in [-0.1, -0.05) is 0 Å². The van der Waals surface area contributed by atoms with Crippen LogP contribution in [0.4, 0.5) is 10.1 Å². The maximum Gasteiger partial charge on any atom is 0.261 e. The monoisotopic (exact) mass is 421 g/mol. The van der Waals surface area contributed by atoms with E-state index < -0.39 is 0 Å². The molecule has 158 valence electrons. The van der Waals surface area contributed by atoms with Crippen LogP contribution in [0, 0.1) is 5.82 Å². The van der Waals surface area contributed by atoms with E-state index in [0.717, 1.165) is 0 Å². The van der Waals surface area contributed by atoms with E-state index in [-0.39, 0.29) is 11.7 Å². The van der Waals surface area contributed by atoms with Gasteiger partial charge in [-0.3, -0.25) is 4.79 Å². The lowest BCUT2D eigenvalue weighted by Crippen LogP contribution is -2.15. The van der Waals surface area contributed by atoms with Gasteiger partial charge in [-0.15, -0.1) is 0 Å². The molecule has 0 unspecified atom stereocenters. The predicted molar refractivity (Wildman–Crippen MR) is 112 cm³/mol. The Kier molecular flexibility index (Phi) is 6.04. The Morgan fingerprint density at radius 2 is 1.84 bits per heavy atom. The van der Waals surface area contributed by atoms with Crippen molar-refractivity contribution in [1.29, 1.82) is 0 Å². The van der Waals surface area contributed by atoms with E-state index in [9.17, 15) is 9.18 Å². The Labute approximate surface area is 177 Å². The van der Waals surface area contributed by atoms with Gasteiger partial charge in [-0.25, -0.2) is 14.1 Å². The number of halogens is 1. The first-order chi connectivity index (χ1) is 15.2. The van der Waals surface area contributed by atoms with E-state index >= 15 is 0 Å². The van der Waals surface area contributed by atoms with Crippen LogP contribution in [0.5, 0.6) is 5.88 Å². The van der Waals surface area contributed by atoms with E-state index in [4.69, 9.17) is 9.47 Å². The zero-order valence-corrected chi connectivity index (χ0v) is 16.7. The molecule has 0 fully saturated rings. The van der Waals surface area contributed by atoms with Crippen molar-refractivity contribution in [1.82, 2.24) is 19.3 Å². The Morgan fingerprint density at radius 1 is 1.06 bits per heavy atom. The van der Waals surface area contributed by atoms with Crippen molar-refractivity contribution < 1.29 is 18.7 Å². The Hall–Kier alpha value is -3.98. The number of hydrogen-bond acceptors (Lipinski definition) is 5. The molecule has 0 aliphatic carbocycles. The zero-order chi connectivity index (χ0) is 21.6. The SMILES string of the molecule is COCCOc1ccc(NC(=O)c2cnn(-c3ccc(F)cc3)c2-n2cccc2)cn1. The van der Waals surface area contributed by atoms with Crippen LogP contribution in [-0.2, 0) is 4.74 Å². The number of benzene rings is 1. The smallest absolute Gasteiger partial charge is 0.261 e. The van der Waals surface area contributed by atoms with Gasteiger partial charge < -0.3 is 19.4 Å². The number of nitrogens with zero attached hydrogens (tertiary/aromatic N) is 4. The van der Waals surface area contributed by atoms with Gasteiger partial charge in [-0.2, -0.15) is 5.10 Å². The standard InChI is InChI=1S/C22H20FN5O3/c1-30-12-13-31-20-9-6-17(14-24-20)26-21(29)19-15-25-28(18-7-4-16(23)5-8-18)22(19)27-10-2-3-11-27/h2-11,14-15H,12-13H2,1H3,(H,26,29). The second kappa shape index (κ2) is 9.23. The van der Waals surface area contributed by atoms with Gasteiger partial charge in [0.1, 0.15) is 18.0 Å². The van der Waals surface area contributed by atoms with Gasteiger partial charge in [0.15, 0.2) is 5.82 Å². The van der Waals surface area contributed by atoms with E-state index in [1.165, 1.54) is 24.5 Å². The molecule has 0 spiro atoms. The molecule has 3 aromatic heterocycles. The average Bonchev–Trinajstić information content (AvgIpc) is 3.45. The molecule has 4 rings (SSSR count). The number of carbonyl (C=O) groups excluding carboxylic acids is 1. The van der Waals surface area contributed by atoms with Crippen LogP contribution >= 0.6 is 0 Å². The lowest BCUT2D eigenvalue weighted by Gasteiger charge is -2.11. The largest absolute Gasteiger partial charge is 0.475 e. The fourth-order valence-corrected chi connectivity index (χ4v) is 2.97. The highest BCUT2D eigenvalue weighted by molar-refractivity contribution is 6.06. The third-order valence-corrected chi connectivity index (χ3v) is 4.44. The first kappa shape index (κ1) is 20.3. The van der Waals surface area contributed by atoms with E-state index in [2.05, 4.69) is 15.4 Å². The first-order valence-electron chi connectivity index (χ1n) is 9.52. The van der Waals surface area contributed by atoms with Gasteiger partial charge in [-0.05, 0) is 42.5 Å². The molecular formula is C22H20FN5O3. The lowest BCUT2D eigenvalue weighted by atomic mass is 10.2. The molecular weight excluding hydrogens is 401 g/mol. The van der Waals surface area contributed by atoms with Crippen LogP contribution in [0.1, 0.15) is 10.4 Å². The summed E-state index contributed by atoms with van der Waals surface area (Å²) in [4.78, 5) is 17.2. The molecule has 0 atom stereocenters. The quantitative estimate of drug-likeness (QED) is 0.441. The molecule has 0 bridgehead atoms. The van der Waals surface area contributed by atoms with Crippen LogP contribution < -0.4 is 10.1 Å². The van der Waals surface area contributed by atoms with Crippen molar-refractivity contribution in [2.45, 2.75) is 0 Å². The summed E-state index contributed by atoms with van der Waals surface area (Å²) in [5.74, 6) is 0.263. The molecule has 0 saturated carbocycles. The molecule has 1 N–H and O–H groups in total. The van der Waals surface area contributed by atoms with Crippen molar-refractivity contribution in [3.05, 3.63) is 84.7 Å². The maximum absolute atomic E-state index is 13.3. The fourth-order valence-electron chi connectivity index (χ4n) is 2.97. The summed E-state index contributed by atoms with van der Waals surface area (Å²) < 4.78 is 27.1. The lowest BCUT2D eigenvalue weighted by molar-refractivity contribution is 0.102. The zero-order valence-electron chi connectivity index (χ0n) is 16.7. The minimum atomic E-state index is -0.355. The third-order valence-electron chi connectivity index (χ3n) is 4.44. The molecule has 9 heteroatoms. The summed E-state index contributed by atoms with van der Waals surface area (Å²) in [6, 6.07) is 12.9. The summed E-state index contributed by atoms with van der Waals surface area (Å²) in [7, 11) is 1.59. The van der Waals surface area contributed by atoms with Crippen LogP contribution in [0.2, 0.25) is 0 Å². The molecule has 4 aromatic rings. The topological polar surface area (TPSA) is 83.2 Å². The van der Waals surface area contributed by atoms with Gasteiger partial charge in [0.25, 0.3) is 5.91 Å². The first-order valence-corrected chi connectivity index (χ1v) is 9.52. The second-order valence-corrected chi connectivity index (χ2v) is 6.54. The molecule has 1 amide bonds. The molecule has 8 nitrogen and oxygen atoms in total. The number of rotatable bonds is 8. The van der Waals surface area contributed by atoms with Crippen molar-refractivity contribution >= 4 is 11.6 Å². The predicted octanol–water partition coefficient (Wildman–Crippen LogP) is 3.47. The normalized spacial score (nSPS) is 10.8. The number of hydrogen-bond donors (Lipinski definition) is 1. The van der Waals surface area contributed by atoms with Crippen molar-refractivity contribution in [3.63, 3.8) is 0 Å². The summed E-state index contributed by atoms with van der Waals surface area (Å²) in [5, 5.41) is 7.18. The number of nitrogens with one attached hydrogen (secondary N) is 1. The maximum atomic E-state index is 13.3. The highest BCUT2D eigenvalue weighted by Crippen LogP contribution is 2.22. The minimum absolute atomic E-state index is 0.348. The highest BCUT2D eigenvalue weighted by Gasteiger charge is 2.20. The third kappa shape index (κ3) is 4.62. The van der Waals surface area contributed by atoms with Crippen molar-refractivity contribution in [2.24, 2.45) is 0 Å². The van der Waals surface area contributed by atoms with Gasteiger partial charge in [0.2, 0.25) is 5.88 Å². The number of ether oxygens (including phenoxy) is 2. The van der Waals surface area contributed by atoms with Crippen LogP contribution in [0.15, 0.2) is 73.3 Å². The summed E-state index contributed by atoms with van der Waals surface area (Å²) in [5.41, 5.74) is 1.49. The summed E-state index contributed by atoms with van der Waals surface area (Å²) in [6.07, 6.45) is 6.60. The van der Waals surface area contributed by atoms with Crippen LogP contribution in [0.3, 0.4) is 0 Å². The second-order valence-electron chi connectivity index (χ2n) is 6.54. The molecule has 0 radical (unpaired) electrons. The van der Waals surface area contributed by atoms with Crippen LogP contribution in [-0.4, -0.2) is 45.6 Å². The number of anilines is 1. The average molecular weight is 421 g/mol. The number of carbonyl (C=O) groups is 1. The van der Waals surface area contributed by atoms with Gasteiger partial charge in [0.05, 0.1) is 30.4 Å². The highest BCUT2D eigenvalue weighted by atomic mass is 19.1. The molecule has 0 saturated heterocycles. The number of methoxy groups -OCH3 is 1. The fraction of sp³-hybridized carbons (Fsp3) is 0.136. The summed E-state index contributed by atoms with van der Waals surface area (Å²) >= 11 is 0. The Morgan fingerprint density at radius 3 is 2.52 bits per heavy atom. The van der Waals surface area contributed by atoms with Crippen LogP contribution in [0.25, 0.3) is 11.5 Å².